The Kier molecular flexibility index (Phi) is 11.6. The lowest BCUT2D eigenvalue weighted by atomic mass is 10.1. The van der Waals surface area contributed by atoms with Gasteiger partial charge in [0.05, 0.1) is 26.6 Å². The molecular formula is C35H35N3O6S. The molecular weight excluding hydrogens is 590 g/mol. The summed E-state index contributed by atoms with van der Waals surface area (Å²) in [7, 11) is 4.64. The van der Waals surface area contributed by atoms with Crippen molar-refractivity contribution >= 4 is 46.9 Å². The van der Waals surface area contributed by atoms with Crippen molar-refractivity contribution in [1.82, 2.24) is 5.32 Å². The van der Waals surface area contributed by atoms with Crippen molar-refractivity contribution in [3.05, 3.63) is 114 Å². The second kappa shape index (κ2) is 16.0. The lowest BCUT2D eigenvalue weighted by Crippen LogP contribution is -2.30. The summed E-state index contributed by atoms with van der Waals surface area (Å²) >= 11 is 1.39. The Balaban J connectivity index is 1.54. The van der Waals surface area contributed by atoms with Crippen LogP contribution < -0.4 is 30.2 Å². The standard InChI is InChI=1S/C35H35N3O6S/c1-5-32(35(41)36-25-14-16-27(42-2)17-15-25)45-29-13-9-12-26(22-29)37-34(40)30(38-33(39)23-10-7-6-8-11-23)21-24-20-28(43-3)18-19-31(24)44-4/h6-22,32H,5H2,1-4H3,(H,36,41)(H,37,40)(H,38,39)/b30-21+. The molecule has 1 atom stereocenters. The first-order valence-corrected chi connectivity index (χ1v) is 15.0. The molecule has 4 aromatic rings. The molecule has 4 aromatic carbocycles. The van der Waals surface area contributed by atoms with Crippen LogP contribution in [0.15, 0.2) is 108 Å². The number of carbonyl (C=O) groups is 3. The molecule has 10 heteroatoms. The fourth-order valence-electron chi connectivity index (χ4n) is 4.28. The van der Waals surface area contributed by atoms with E-state index >= 15 is 0 Å². The minimum absolute atomic E-state index is 0.00114. The molecule has 0 spiro atoms. The van der Waals surface area contributed by atoms with Crippen LogP contribution in [0.25, 0.3) is 6.08 Å². The molecule has 45 heavy (non-hydrogen) atoms. The number of hydrogen-bond acceptors (Lipinski definition) is 7. The van der Waals surface area contributed by atoms with Crippen molar-refractivity contribution in [3.63, 3.8) is 0 Å². The Labute approximate surface area is 267 Å². The number of amides is 3. The molecule has 0 radical (unpaired) electrons. The van der Waals surface area contributed by atoms with Crippen LogP contribution in [0.4, 0.5) is 11.4 Å². The maximum absolute atomic E-state index is 13.6. The van der Waals surface area contributed by atoms with Crippen LogP contribution in [0.2, 0.25) is 0 Å². The van der Waals surface area contributed by atoms with Crippen molar-refractivity contribution in [2.45, 2.75) is 23.5 Å². The molecule has 0 bridgehead atoms. The average Bonchev–Trinajstić information content (AvgIpc) is 3.07. The minimum Gasteiger partial charge on any atom is -0.497 e. The van der Waals surface area contributed by atoms with Crippen molar-refractivity contribution in [2.24, 2.45) is 0 Å². The van der Waals surface area contributed by atoms with Crippen LogP contribution in [-0.4, -0.2) is 44.3 Å². The lowest BCUT2D eigenvalue weighted by Gasteiger charge is -2.16. The monoisotopic (exact) mass is 625 g/mol. The Bertz CT molecular complexity index is 1660. The van der Waals surface area contributed by atoms with Gasteiger partial charge in [0.25, 0.3) is 11.8 Å². The highest BCUT2D eigenvalue weighted by molar-refractivity contribution is 8.00. The van der Waals surface area contributed by atoms with Gasteiger partial charge in [-0.3, -0.25) is 14.4 Å². The molecule has 0 heterocycles. The zero-order valence-corrected chi connectivity index (χ0v) is 26.3. The summed E-state index contributed by atoms with van der Waals surface area (Å²) in [6.45, 7) is 1.94. The van der Waals surface area contributed by atoms with E-state index in [1.54, 1.807) is 98.1 Å². The number of carbonyl (C=O) groups excluding carboxylic acids is 3. The summed E-state index contributed by atoms with van der Waals surface area (Å²) in [5.74, 6) is 0.624. The molecule has 0 fully saturated rings. The fraction of sp³-hybridized carbons (Fsp3) is 0.171. The summed E-state index contributed by atoms with van der Waals surface area (Å²) < 4.78 is 16.0. The van der Waals surface area contributed by atoms with Gasteiger partial charge in [0.2, 0.25) is 5.91 Å². The fourth-order valence-corrected chi connectivity index (χ4v) is 5.29. The van der Waals surface area contributed by atoms with E-state index in [4.69, 9.17) is 14.2 Å². The third-order valence-electron chi connectivity index (χ3n) is 6.66. The normalized spacial score (nSPS) is 11.6. The van der Waals surface area contributed by atoms with Crippen LogP contribution >= 0.6 is 11.8 Å². The summed E-state index contributed by atoms with van der Waals surface area (Å²) in [6, 6.07) is 28.1. The summed E-state index contributed by atoms with van der Waals surface area (Å²) in [5, 5.41) is 8.19. The largest absolute Gasteiger partial charge is 0.497 e. The zero-order chi connectivity index (χ0) is 32.2. The predicted molar refractivity (Wildman–Crippen MR) is 178 cm³/mol. The number of anilines is 2. The van der Waals surface area contributed by atoms with Gasteiger partial charge in [0.15, 0.2) is 0 Å². The number of thioether (sulfide) groups is 1. The van der Waals surface area contributed by atoms with Crippen molar-refractivity contribution in [1.29, 1.82) is 0 Å². The predicted octanol–water partition coefficient (Wildman–Crippen LogP) is 6.63. The topological polar surface area (TPSA) is 115 Å². The number of nitrogens with one attached hydrogen (secondary N) is 3. The van der Waals surface area contributed by atoms with Crippen LogP contribution in [0, 0.1) is 0 Å². The van der Waals surface area contributed by atoms with Crippen LogP contribution in [0.3, 0.4) is 0 Å². The number of hydrogen-bond donors (Lipinski definition) is 3. The SMILES string of the molecule is CCC(Sc1cccc(NC(=O)/C(=C\c2cc(OC)ccc2OC)NC(=O)c2ccccc2)c1)C(=O)Nc1ccc(OC)cc1. The maximum atomic E-state index is 13.6. The smallest absolute Gasteiger partial charge is 0.272 e. The van der Waals surface area contributed by atoms with Crippen LogP contribution in [0.1, 0.15) is 29.3 Å². The quantitative estimate of drug-likeness (QED) is 0.113. The van der Waals surface area contributed by atoms with E-state index in [0.717, 1.165) is 4.90 Å². The molecule has 0 saturated heterocycles. The summed E-state index contributed by atoms with van der Waals surface area (Å²) in [6.07, 6.45) is 2.12. The first kappa shape index (κ1) is 32.7. The van der Waals surface area contributed by atoms with E-state index in [9.17, 15) is 14.4 Å². The first-order valence-electron chi connectivity index (χ1n) is 14.2. The molecule has 3 amide bonds. The first-order chi connectivity index (χ1) is 21.8. The number of benzene rings is 4. The van der Waals surface area contributed by atoms with E-state index in [1.165, 1.54) is 32.1 Å². The van der Waals surface area contributed by atoms with Crippen molar-refractivity contribution in [2.75, 3.05) is 32.0 Å². The molecule has 0 saturated carbocycles. The molecule has 0 aliphatic rings. The van der Waals surface area contributed by atoms with Crippen molar-refractivity contribution < 1.29 is 28.6 Å². The number of ether oxygens (including phenoxy) is 3. The van der Waals surface area contributed by atoms with Crippen LogP contribution in [0.5, 0.6) is 17.2 Å². The van der Waals surface area contributed by atoms with E-state index in [1.807, 2.05) is 13.0 Å². The Morgan fingerprint density at radius 1 is 0.756 bits per heavy atom. The molecule has 0 aliphatic heterocycles. The maximum Gasteiger partial charge on any atom is 0.272 e. The van der Waals surface area contributed by atoms with Gasteiger partial charge < -0.3 is 30.2 Å². The highest BCUT2D eigenvalue weighted by Crippen LogP contribution is 2.30. The molecule has 1 unspecified atom stereocenters. The zero-order valence-electron chi connectivity index (χ0n) is 25.5. The molecule has 4 rings (SSSR count). The minimum atomic E-state index is -0.546. The van der Waals surface area contributed by atoms with E-state index in [0.29, 0.717) is 46.2 Å². The number of rotatable bonds is 13. The highest BCUT2D eigenvalue weighted by atomic mass is 32.2. The lowest BCUT2D eigenvalue weighted by molar-refractivity contribution is -0.116. The Morgan fingerprint density at radius 2 is 1.47 bits per heavy atom. The Hall–Kier alpha value is -5.22. The van der Waals surface area contributed by atoms with Gasteiger partial charge in [0.1, 0.15) is 22.9 Å². The van der Waals surface area contributed by atoms with E-state index < -0.39 is 11.8 Å². The second-order valence-corrected chi connectivity index (χ2v) is 11.0. The highest BCUT2D eigenvalue weighted by Gasteiger charge is 2.20. The van der Waals surface area contributed by atoms with Crippen LogP contribution in [-0.2, 0) is 9.59 Å². The van der Waals surface area contributed by atoms with Gasteiger partial charge in [-0.05, 0) is 85.3 Å². The van der Waals surface area contributed by atoms with Gasteiger partial charge in [-0.15, -0.1) is 11.8 Å². The summed E-state index contributed by atoms with van der Waals surface area (Å²) in [5.41, 5.74) is 2.09. The third kappa shape index (κ3) is 9.14. The van der Waals surface area contributed by atoms with Gasteiger partial charge in [-0.2, -0.15) is 0 Å². The average molecular weight is 626 g/mol. The van der Waals surface area contributed by atoms with E-state index in [-0.39, 0.29) is 16.9 Å². The third-order valence-corrected chi connectivity index (χ3v) is 8.01. The Morgan fingerprint density at radius 3 is 2.13 bits per heavy atom. The van der Waals surface area contributed by atoms with Crippen molar-refractivity contribution in [3.8, 4) is 17.2 Å². The van der Waals surface area contributed by atoms with Gasteiger partial charge in [0, 0.05) is 27.4 Å². The van der Waals surface area contributed by atoms with E-state index in [2.05, 4.69) is 16.0 Å². The van der Waals surface area contributed by atoms with Gasteiger partial charge >= 0.3 is 0 Å². The molecule has 0 aliphatic carbocycles. The number of methoxy groups -OCH3 is 3. The second-order valence-electron chi connectivity index (χ2n) is 9.70. The molecule has 0 aromatic heterocycles. The van der Waals surface area contributed by atoms with Gasteiger partial charge in [-0.1, -0.05) is 31.2 Å². The van der Waals surface area contributed by atoms with Gasteiger partial charge in [-0.25, -0.2) is 0 Å². The molecule has 3 N–H and O–H groups in total. The summed E-state index contributed by atoms with van der Waals surface area (Å²) in [4.78, 5) is 40.6. The molecule has 9 nitrogen and oxygen atoms in total. The molecule has 232 valence electrons.